The summed E-state index contributed by atoms with van der Waals surface area (Å²) in [5.74, 6) is 5.21. The summed E-state index contributed by atoms with van der Waals surface area (Å²) in [6.45, 7) is 0. The Bertz CT molecular complexity index is 3010. The van der Waals surface area contributed by atoms with E-state index >= 15 is 0 Å². The molecule has 4 aliphatic carbocycles. The van der Waals surface area contributed by atoms with Gasteiger partial charge in [0.25, 0.3) is 0 Å². The van der Waals surface area contributed by atoms with Crippen molar-refractivity contribution >= 4 is 49.6 Å². The van der Waals surface area contributed by atoms with Gasteiger partial charge in [0.05, 0.1) is 16.7 Å². The fourth-order valence-corrected chi connectivity index (χ4v) is 12.7. The molecular weight excluding hydrogens is 717 g/mol. The van der Waals surface area contributed by atoms with Crippen LogP contribution >= 0.6 is 0 Å². The average molecular weight is 761 g/mol. The quantitative estimate of drug-likeness (QED) is 0.174. The van der Waals surface area contributed by atoms with Crippen LogP contribution in [-0.2, 0) is 5.41 Å². The second-order valence-corrected chi connectivity index (χ2v) is 17.7. The van der Waals surface area contributed by atoms with E-state index in [4.69, 9.17) is 4.74 Å². The van der Waals surface area contributed by atoms with Crippen LogP contribution in [0.1, 0.15) is 43.2 Å². The molecule has 3 nitrogen and oxygen atoms in total. The van der Waals surface area contributed by atoms with Crippen molar-refractivity contribution < 1.29 is 4.74 Å². The van der Waals surface area contributed by atoms with Crippen LogP contribution in [0.15, 0.2) is 182 Å². The summed E-state index contributed by atoms with van der Waals surface area (Å²) in [6.07, 6.45) is 6.83. The lowest BCUT2D eigenvalue weighted by molar-refractivity contribution is -0.0452. The molecule has 59 heavy (non-hydrogen) atoms. The van der Waals surface area contributed by atoms with Crippen molar-refractivity contribution in [2.24, 2.45) is 23.7 Å². The second kappa shape index (κ2) is 12.7. The molecule has 2 heterocycles. The first-order valence-electron chi connectivity index (χ1n) is 21.6. The highest BCUT2D eigenvalue weighted by molar-refractivity contribution is 6.09. The minimum atomic E-state index is 0.0269. The maximum Gasteiger partial charge on any atom is 0.133 e. The lowest BCUT2D eigenvalue weighted by Crippen LogP contribution is -2.56. The number of hydrogen-bond acceptors (Lipinski definition) is 2. The number of benzene rings is 8. The monoisotopic (exact) mass is 760 g/mol. The first-order valence-corrected chi connectivity index (χ1v) is 21.6. The standard InChI is InChI=1S/C56H44N2O/c1-2-12-46-40(10-1)11-9-18-51(46)57(45-28-29-50-55(35-45)59-54-19-8-5-15-49(54)56(50)41-31-36-30-37(33-41)34-42(56)32-36)43-24-20-38(21-25-43)39-22-26-44(27-23-39)58-52-16-6-3-13-47(52)48-14-4-7-17-53(48)58/h1-29,35-37,41-42H,30-34H2. The summed E-state index contributed by atoms with van der Waals surface area (Å²) in [6, 6.07) is 67.1. The molecule has 8 aromatic carbocycles. The number of hydrogen-bond donors (Lipinski definition) is 0. The van der Waals surface area contributed by atoms with Gasteiger partial charge in [-0.1, -0.05) is 121 Å². The van der Waals surface area contributed by atoms with Gasteiger partial charge in [0.2, 0.25) is 0 Å². The fourth-order valence-electron chi connectivity index (χ4n) is 12.7. The first-order chi connectivity index (χ1) is 29.2. The maximum absolute atomic E-state index is 6.99. The van der Waals surface area contributed by atoms with Crippen molar-refractivity contribution in [3.8, 4) is 28.3 Å². The van der Waals surface area contributed by atoms with Crippen LogP contribution in [0.4, 0.5) is 17.1 Å². The van der Waals surface area contributed by atoms with Gasteiger partial charge in [-0.15, -0.1) is 0 Å². The average Bonchev–Trinajstić information content (AvgIpc) is 3.62. The van der Waals surface area contributed by atoms with Crippen LogP contribution in [0.5, 0.6) is 11.5 Å². The Morgan fingerprint density at radius 1 is 0.458 bits per heavy atom. The summed E-state index contributed by atoms with van der Waals surface area (Å²) < 4.78 is 9.37. The molecule has 0 atom stereocenters. The van der Waals surface area contributed by atoms with E-state index in [0.29, 0.717) is 11.8 Å². The molecule has 4 fully saturated rings. The highest BCUT2D eigenvalue weighted by atomic mass is 16.5. The van der Waals surface area contributed by atoms with Crippen LogP contribution in [0.2, 0.25) is 0 Å². The third-order valence-electron chi connectivity index (χ3n) is 14.8. The topological polar surface area (TPSA) is 17.4 Å². The molecule has 5 aliphatic rings. The van der Waals surface area contributed by atoms with Crippen LogP contribution in [0.3, 0.4) is 0 Å². The van der Waals surface area contributed by atoms with Gasteiger partial charge in [0, 0.05) is 55.8 Å². The van der Waals surface area contributed by atoms with Gasteiger partial charge < -0.3 is 14.2 Å². The van der Waals surface area contributed by atoms with Gasteiger partial charge >= 0.3 is 0 Å². The minimum absolute atomic E-state index is 0.0269. The van der Waals surface area contributed by atoms with Crippen LogP contribution < -0.4 is 9.64 Å². The van der Waals surface area contributed by atoms with E-state index in [9.17, 15) is 0 Å². The van der Waals surface area contributed by atoms with Crippen LogP contribution in [0.25, 0.3) is 49.4 Å². The number of anilines is 3. The Hall–Kier alpha value is -6.58. The van der Waals surface area contributed by atoms with E-state index in [2.05, 4.69) is 191 Å². The Morgan fingerprint density at radius 2 is 1.02 bits per heavy atom. The molecule has 0 N–H and O–H groups in total. The smallest absolute Gasteiger partial charge is 0.133 e. The summed E-state index contributed by atoms with van der Waals surface area (Å²) in [7, 11) is 0. The zero-order valence-corrected chi connectivity index (χ0v) is 33.0. The van der Waals surface area contributed by atoms with Gasteiger partial charge in [0.15, 0.2) is 0 Å². The normalized spacial score (nSPS) is 22.4. The number of fused-ring (bicyclic) bond motifs is 6. The van der Waals surface area contributed by atoms with E-state index in [1.165, 1.54) is 86.9 Å². The van der Waals surface area contributed by atoms with Gasteiger partial charge in [-0.3, -0.25) is 0 Å². The molecule has 3 heteroatoms. The molecule has 9 aromatic rings. The summed E-state index contributed by atoms with van der Waals surface area (Å²) >= 11 is 0. The van der Waals surface area contributed by atoms with E-state index < -0.39 is 0 Å². The van der Waals surface area contributed by atoms with Crippen molar-refractivity contribution in [2.75, 3.05) is 4.90 Å². The maximum atomic E-state index is 6.99. The SMILES string of the molecule is c1ccc2c(c1)Oc1cc(N(c3ccc(-c4ccc(-n5c6ccccc6c6ccccc65)cc4)cc3)c3cccc4ccccc34)ccc1C21C2CC3CC(C2)CC1C3. The van der Waals surface area contributed by atoms with Crippen molar-refractivity contribution in [3.63, 3.8) is 0 Å². The van der Waals surface area contributed by atoms with E-state index in [-0.39, 0.29) is 5.41 Å². The number of aromatic nitrogens is 1. The lowest BCUT2D eigenvalue weighted by atomic mass is 9.42. The third kappa shape index (κ3) is 4.88. The Kier molecular flexibility index (Phi) is 7.19. The first kappa shape index (κ1) is 33.4. The predicted molar refractivity (Wildman–Crippen MR) is 243 cm³/mol. The molecule has 0 saturated heterocycles. The highest BCUT2D eigenvalue weighted by Crippen LogP contribution is 2.69. The van der Waals surface area contributed by atoms with E-state index in [1.54, 1.807) is 0 Å². The molecule has 0 unspecified atom stereocenters. The molecule has 0 amide bonds. The molecule has 0 radical (unpaired) electrons. The van der Waals surface area contributed by atoms with Crippen LogP contribution in [-0.4, -0.2) is 4.57 Å². The van der Waals surface area contributed by atoms with E-state index in [0.717, 1.165) is 46.1 Å². The molecule has 14 rings (SSSR count). The Morgan fingerprint density at radius 3 is 1.73 bits per heavy atom. The fraction of sp³-hybridized carbons (Fsp3) is 0.179. The van der Waals surface area contributed by atoms with Gasteiger partial charge in [-0.05, 0) is 127 Å². The molecule has 1 spiro atoms. The van der Waals surface area contributed by atoms with E-state index in [1.807, 2.05) is 0 Å². The molecular formula is C56H44N2O. The number of para-hydroxylation sites is 3. The van der Waals surface area contributed by atoms with Crippen molar-refractivity contribution in [1.29, 1.82) is 0 Å². The molecule has 4 saturated carbocycles. The van der Waals surface area contributed by atoms with Crippen molar-refractivity contribution in [2.45, 2.75) is 37.5 Å². The summed E-state index contributed by atoms with van der Waals surface area (Å²) in [5.41, 5.74) is 12.3. The second-order valence-electron chi connectivity index (χ2n) is 17.7. The third-order valence-corrected chi connectivity index (χ3v) is 14.8. The number of ether oxygens (including phenoxy) is 1. The zero-order valence-electron chi connectivity index (χ0n) is 33.0. The predicted octanol–water partition coefficient (Wildman–Crippen LogP) is 14.9. The number of rotatable bonds is 5. The van der Waals surface area contributed by atoms with Gasteiger partial charge in [0.1, 0.15) is 11.5 Å². The van der Waals surface area contributed by atoms with Crippen LogP contribution in [0, 0.1) is 23.7 Å². The minimum Gasteiger partial charge on any atom is -0.457 e. The summed E-state index contributed by atoms with van der Waals surface area (Å²) in [4.78, 5) is 2.44. The van der Waals surface area contributed by atoms with Crippen molar-refractivity contribution in [3.05, 3.63) is 193 Å². The lowest BCUT2D eigenvalue weighted by Gasteiger charge is -2.63. The Labute approximate surface area is 345 Å². The highest BCUT2D eigenvalue weighted by Gasteiger charge is 2.61. The molecule has 1 aliphatic heterocycles. The molecule has 4 bridgehead atoms. The Balaban J connectivity index is 0.910. The van der Waals surface area contributed by atoms with Gasteiger partial charge in [-0.2, -0.15) is 0 Å². The largest absolute Gasteiger partial charge is 0.457 e. The molecule has 1 aromatic heterocycles. The van der Waals surface area contributed by atoms with Crippen molar-refractivity contribution in [1.82, 2.24) is 4.57 Å². The number of nitrogens with zero attached hydrogens (tertiary/aromatic N) is 2. The molecule has 284 valence electrons. The summed E-state index contributed by atoms with van der Waals surface area (Å²) in [5, 5.41) is 5.01. The zero-order chi connectivity index (χ0) is 38.7. The van der Waals surface area contributed by atoms with Gasteiger partial charge in [-0.25, -0.2) is 0 Å².